The van der Waals surface area contributed by atoms with Gasteiger partial charge in [0.05, 0.1) is 25.0 Å². The summed E-state index contributed by atoms with van der Waals surface area (Å²) in [4.78, 5) is 38.7. The molecule has 0 saturated carbocycles. The number of carbonyl (C=O) groups is 3. The predicted molar refractivity (Wildman–Crippen MR) is 120 cm³/mol. The van der Waals surface area contributed by atoms with Gasteiger partial charge in [0, 0.05) is 13.0 Å². The molecule has 170 valence electrons. The molecule has 0 aromatic heterocycles. The number of ether oxygens (including phenoxy) is 3. The highest BCUT2D eigenvalue weighted by atomic mass is 16.5. The number of nitrogens with zero attached hydrogens (tertiary/aromatic N) is 1. The number of rotatable bonds is 11. The van der Waals surface area contributed by atoms with E-state index in [1.54, 1.807) is 23.1 Å². The van der Waals surface area contributed by atoms with Gasteiger partial charge in [-0.1, -0.05) is 50.5 Å². The summed E-state index contributed by atoms with van der Waals surface area (Å²) < 4.78 is 16.2. The Labute approximate surface area is 188 Å². The average molecular weight is 440 g/mol. The Morgan fingerprint density at radius 2 is 1.78 bits per heavy atom. The molecule has 0 saturated heterocycles. The maximum atomic E-state index is 13.1. The van der Waals surface area contributed by atoms with Crippen molar-refractivity contribution in [3.63, 3.8) is 0 Å². The molecular formula is C25H29NO6. The van der Waals surface area contributed by atoms with Crippen LogP contribution >= 0.6 is 0 Å². The Morgan fingerprint density at radius 3 is 2.56 bits per heavy atom. The fourth-order valence-corrected chi connectivity index (χ4v) is 3.64. The summed E-state index contributed by atoms with van der Waals surface area (Å²) >= 11 is 0. The van der Waals surface area contributed by atoms with E-state index in [2.05, 4.69) is 11.7 Å². The number of anilines is 1. The van der Waals surface area contributed by atoms with Crippen molar-refractivity contribution in [1.82, 2.24) is 0 Å². The fourth-order valence-electron chi connectivity index (χ4n) is 3.64. The quantitative estimate of drug-likeness (QED) is 0.226. The standard InChI is InChI=1S/C25H29NO6/c1-3-4-5-10-16-26-19-12-7-9-14-21(19)32-22(24(26)28)15-17-31-20-13-8-6-11-18(20)23(27)25(29)30-2/h6-9,11-14,22H,3-5,10,15-17H2,1-2H3. The van der Waals surface area contributed by atoms with Crippen molar-refractivity contribution in [2.45, 2.75) is 45.1 Å². The molecule has 32 heavy (non-hydrogen) atoms. The van der Waals surface area contributed by atoms with Gasteiger partial charge in [-0.05, 0) is 30.7 Å². The fraction of sp³-hybridized carbons (Fsp3) is 0.400. The highest BCUT2D eigenvalue weighted by Gasteiger charge is 2.34. The lowest BCUT2D eigenvalue weighted by atomic mass is 10.1. The minimum atomic E-state index is -0.956. The van der Waals surface area contributed by atoms with Gasteiger partial charge in [0.1, 0.15) is 11.5 Å². The van der Waals surface area contributed by atoms with E-state index in [1.807, 2.05) is 24.3 Å². The number of fused-ring (bicyclic) bond motifs is 1. The number of para-hydroxylation sites is 3. The van der Waals surface area contributed by atoms with Crippen LogP contribution in [0.2, 0.25) is 0 Å². The van der Waals surface area contributed by atoms with Crippen molar-refractivity contribution in [3.05, 3.63) is 54.1 Å². The van der Waals surface area contributed by atoms with E-state index < -0.39 is 17.9 Å². The third kappa shape index (κ3) is 5.46. The van der Waals surface area contributed by atoms with Gasteiger partial charge in [-0.3, -0.25) is 9.59 Å². The summed E-state index contributed by atoms with van der Waals surface area (Å²) in [5.74, 6) is -0.887. The number of esters is 1. The highest BCUT2D eigenvalue weighted by molar-refractivity contribution is 6.41. The number of benzene rings is 2. The minimum Gasteiger partial charge on any atom is -0.493 e. The minimum absolute atomic E-state index is 0.0947. The molecule has 1 aliphatic heterocycles. The van der Waals surface area contributed by atoms with E-state index in [1.165, 1.54) is 6.07 Å². The number of methoxy groups -OCH3 is 1. The first kappa shape index (κ1) is 23.3. The summed E-state index contributed by atoms with van der Waals surface area (Å²) in [6.45, 7) is 2.95. The molecule has 0 bridgehead atoms. The zero-order valence-corrected chi connectivity index (χ0v) is 18.5. The highest BCUT2D eigenvalue weighted by Crippen LogP contribution is 2.34. The van der Waals surface area contributed by atoms with Crippen LogP contribution in [-0.2, 0) is 14.3 Å². The van der Waals surface area contributed by atoms with Gasteiger partial charge in [-0.15, -0.1) is 0 Å². The van der Waals surface area contributed by atoms with Crippen LogP contribution in [-0.4, -0.2) is 44.0 Å². The number of unbranched alkanes of at least 4 members (excludes halogenated alkanes) is 3. The Kier molecular flexibility index (Phi) is 8.25. The van der Waals surface area contributed by atoms with Crippen LogP contribution in [0.5, 0.6) is 11.5 Å². The number of hydrogen-bond acceptors (Lipinski definition) is 6. The van der Waals surface area contributed by atoms with Gasteiger partial charge in [0.15, 0.2) is 6.10 Å². The predicted octanol–water partition coefficient (Wildman–Crippen LogP) is 4.19. The van der Waals surface area contributed by atoms with Gasteiger partial charge in [-0.2, -0.15) is 0 Å². The Balaban J connectivity index is 1.66. The van der Waals surface area contributed by atoms with E-state index in [0.29, 0.717) is 18.7 Å². The van der Waals surface area contributed by atoms with Gasteiger partial charge in [-0.25, -0.2) is 4.79 Å². The molecule has 2 aromatic rings. The number of ketones is 1. The molecule has 1 aliphatic rings. The normalized spacial score (nSPS) is 15.0. The van der Waals surface area contributed by atoms with E-state index in [-0.39, 0.29) is 23.8 Å². The zero-order valence-electron chi connectivity index (χ0n) is 18.5. The van der Waals surface area contributed by atoms with Gasteiger partial charge >= 0.3 is 5.97 Å². The first-order valence-electron chi connectivity index (χ1n) is 11.0. The molecule has 1 amide bonds. The second-order valence-electron chi connectivity index (χ2n) is 7.58. The monoisotopic (exact) mass is 439 g/mol. The molecule has 0 aliphatic carbocycles. The second kappa shape index (κ2) is 11.3. The van der Waals surface area contributed by atoms with Crippen LogP contribution in [0.4, 0.5) is 5.69 Å². The summed E-state index contributed by atoms with van der Waals surface area (Å²) in [5, 5.41) is 0. The van der Waals surface area contributed by atoms with Crippen LogP contribution in [0, 0.1) is 0 Å². The maximum Gasteiger partial charge on any atom is 0.379 e. The molecule has 0 fully saturated rings. The third-order valence-corrected chi connectivity index (χ3v) is 5.34. The molecule has 0 radical (unpaired) electrons. The summed E-state index contributed by atoms with van der Waals surface area (Å²) in [6.07, 6.45) is 3.90. The smallest absolute Gasteiger partial charge is 0.379 e. The molecule has 1 heterocycles. The zero-order chi connectivity index (χ0) is 22.9. The van der Waals surface area contributed by atoms with Crippen LogP contribution < -0.4 is 14.4 Å². The molecule has 7 heteroatoms. The number of amides is 1. The molecular weight excluding hydrogens is 410 g/mol. The van der Waals surface area contributed by atoms with E-state index in [9.17, 15) is 14.4 Å². The molecule has 1 atom stereocenters. The van der Waals surface area contributed by atoms with Gasteiger partial charge in [0.25, 0.3) is 11.7 Å². The molecule has 0 N–H and O–H groups in total. The van der Waals surface area contributed by atoms with Crippen LogP contribution in [0.25, 0.3) is 0 Å². The molecule has 2 aromatic carbocycles. The first-order chi connectivity index (χ1) is 15.6. The maximum absolute atomic E-state index is 13.1. The average Bonchev–Trinajstić information content (AvgIpc) is 2.82. The van der Waals surface area contributed by atoms with Crippen LogP contribution in [0.3, 0.4) is 0 Å². The topological polar surface area (TPSA) is 82.1 Å². The van der Waals surface area contributed by atoms with Gasteiger partial charge in [0.2, 0.25) is 0 Å². The largest absolute Gasteiger partial charge is 0.493 e. The summed E-state index contributed by atoms with van der Waals surface area (Å²) in [6, 6.07) is 14.0. The van der Waals surface area contributed by atoms with Crippen molar-refractivity contribution in [2.24, 2.45) is 0 Å². The van der Waals surface area contributed by atoms with Crippen molar-refractivity contribution in [3.8, 4) is 11.5 Å². The van der Waals surface area contributed by atoms with Crippen molar-refractivity contribution in [1.29, 1.82) is 0 Å². The Hall–Kier alpha value is -3.35. The Morgan fingerprint density at radius 1 is 1.03 bits per heavy atom. The first-order valence-corrected chi connectivity index (χ1v) is 11.0. The molecule has 1 unspecified atom stereocenters. The lowest BCUT2D eigenvalue weighted by molar-refractivity contribution is -0.135. The third-order valence-electron chi connectivity index (χ3n) is 5.34. The van der Waals surface area contributed by atoms with Crippen LogP contribution in [0.1, 0.15) is 49.4 Å². The van der Waals surface area contributed by atoms with E-state index in [0.717, 1.165) is 38.5 Å². The summed E-state index contributed by atoms with van der Waals surface area (Å²) in [7, 11) is 1.15. The number of hydrogen-bond donors (Lipinski definition) is 0. The van der Waals surface area contributed by atoms with Crippen molar-refractivity contribution >= 4 is 23.3 Å². The number of carbonyl (C=O) groups excluding carboxylic acids is 3. The Bertz CT molecular complexity index is 957. The van der Waals surface area contributed by atoms with E-state index in [4.69, 9.17) is 9.47 Å². The number of Topliss-reactive ketones (excluding diaryl/α,β-unsaturated/α-hetero) is 1. The molecule has 3 rings (SSSR count). The van der Waals surface area contributed by atoms with E-state index >= 15 is 0 Å². The second-order valence-corrected chi connectivity index (χ2v) is 7.58. The van der Waals surface area contributed by atoms with Crippen molar-refractivity contribution in [2.75, 3.05) is 25.2 Å². The van der Waals surface area contributed by atoms with Crippen molar-refractivity contribution < 1.29 is 28.6 Å². The SMILES string of the molecule is CCCCCCN1C(=O)C(CCOc2ccccc2C(=O)C(=O)OC)Oc2ccccc21. The molecule has 0 spiro atoms. The van der Waals surface area contributed by atoms with Gasteiger partial charge < -0.3 is 19.1 Å². The van der Waals surface area contributed by atoms with Crippen LogP contribution in [0.15, 0.2) is 48.5 Å². The summed E-state index contributed by atoms with van der Waals surface area (Å²) in [5.41, 5.74) is 0.915. The lowest BCUT2D eigenvalue weighted by Crippen LogP contribution is -2.47. The molecule has 7 nitrogen and oxygen atoms in total. The lowest BCUT2D eigenvalue weighted by Gasteiger charge is -2.34.